The highest BCUT2D eigenvalue weighted by Gasteiger charge is 2.23. The summed E-state index contributed by atoms with van der Waals surface area (Å²) in [6.45, 7) is 6.77. The van der Waals surface area contributed by atoms with Gasteiger partial charge in [0.25, 0.3) is 5.91 Å². The van der Waals surface area contributed by atoms with E-state index in [9.17, 15) is 4.79 Å². The lowest BCUT2D eigenvalue weighted by Crippen LogP contribution is -2.35. The van der Waals surface area contributed by atoms with Gasteiger partial charge in [-0.1, -0.05) is 36.4 Å². The molecule has 0 unspecified atom stereocenters. The summed E-state index contributed by atoms with van der Waals surface area (Å²) >= 11 is 0. The number of carbonyl (C=O) groups is 1. The van der Waals surface area contributed by atoms with Gasteiger partial charge in [-0.2, -0.15) is 0 Å². The third-order valence-electron chi connectivity index (χ3n) is 4.81. The molecule has 2 aromatic carbocycles. The number of amides is 1. The molecule has 0 radical (unpaired) electrons. The van der Waals surface area contributed by atoms with Crippen LogP contribution < -0.4 is 9.64 Å². The Bertz CT molecular complexity index is 830. The van der Waals surface area contributed by atoms with Crippen molar-refractivity contribution < 1.29 is 9.53 Å². The molecule has 1 aliphatic heterocycles. The quantitative estimate of drug-likeness (QED) is 0.643. The molecule has 0 aliphatic carbocycles. The lowest BCUT2D eigenvalue weighted by Gasteiger charge is -2.30. The Kier molecular flexibility index (Phi) is 7.04. The number of ether oxygens (including phenoxy) is 1. The molecule has 0 saturated heterocycles. The van der Waals surface area contributed by atoms with Gasteiger partial charge in [0.05, 0.1) is 0 Å². The fourth-order valence-electron chi connectivity index (χ4n) is 3.37. The van der Waals surface area contributed by atoms with Gasteiger partial charge in [0, 0.05) is 30.9 Å². The highest BCUT2D eigenvalue weighted by atomic mass is 16.5. The van der Waals surface area contributed by atoms with Crippen LogP contribution in [0.15, 0.2) is 73.3 Å². The van der Waals surface area contributed by atoms with E-state index in [0.29, 0.717) is 6.61 Å². The predicted octanol–water partition coefficient (Wildman–Crippen LogP) is 4.33. The zero-order valence-corrected chi connectivity index (χ0v) is 16.5. The highest BCUT2D eigenvalue weighted by molar-refractivity contribution is 6.06. The molecule has 0 saturated carbocycles. The van der Waals surface area contributed by atoms with Crippen LogP contribution in [-0.2, 0) is 6.42 Å². The van der Waals surface area contributed by atoms with Gasteiger partial charge in [-0.15, -0.1) is 6.58 Å². The van der Waals surface area contributed by atoms with Crippen LogP contribution in [0.1, 0.15) is 22.3 Å². The van der Waals surface area contributed by atoms with Gasteiger partial charge >= 0.3 is 0 Å². The highest BCUT2D eigenvalue weighted by Crippen LogP contribution is 2.31. The van der Waals surface area contributed by atoms with Crippen LogP contribution in [0, 0.1) is 0 Å². The maximum Gasteiger partial charge on any atom is 0.258 e. The molecule has 2 aromatic rings. The molecule has 0 spiro atoms. The Hall–Kier alpha value is -2.85. The van der Waals surface area contributed by atoms with E-state index in [0.717, 1.165) is 49.5 Å². The van der Waals surface area contributed by atoms with Crippen molar-refractivity contribution in [2.75, 3.05) is 38.2 Å². The second-order valence-corrected chi connectivity index (χ2v) is 7.01. The van der Waals surface area contributed by atoms with Crippen molar-refractivity contribution in [2.24, 2.45) is 0 Å². The molecule has 4 heteroatoms. The normalized spacial score (nSPS) is 13.6. The van der Waals surface area contributed by atoms with Gasteiger partial charge in [0.15, 0.2) is 0 Å². The average Bonchev–Trinajstić information content (AvgIpc) is 2.73. The zero-order chi connectivity index (χ0) is 19.8. The first-order valence-electron chi connectivity index (χ1n) is 9.76. The maximum absolute atomic E-state index is 12.9. The average molecular weight is 377 g/mol. The monoisotopic (exact) mass is 376 g/mol. The summed E-state index contributed by atoms with van der Waals surface area (Å²) in [5, 5.41) is 0. The number of benzene rings is 2. The SMILES string of the molecule is C=CCN(C)CC=CCOc1ccc2c(c1)CCCN2C(=O)c1ccccc1. The van der Waals surface area contributed by atoms with Gasteiger partial charge in [-0.25, -0.2) is 0 Å². The first-order chi connectivity index (χ1) is 13.7. The van der Waals surface area contributed by atoms with Crippen LogP contribution in [-0.4, -0.2) is 44.1 Å². The number of hydrogen-bond acceptors (Lipinski definition) is 3. The number of rotatable bonds is 8. The molecule has 0 N–H and O–H groups in total. The van der Waals surface area contributed by atoms with Crippen LogP contribution in [0.2, 0.25) is 0 Å². The number of likely N-dealkylation sites (N-methyl/N-ethyl adjacent to an activating group) is 1. The first-order valence-corrected chi connectivity index (χ1v) is 9.76. The maximum atomic E-state index is 12.9. The molecule has 146 valence electrons. The molecular formula is C24H28N2O2. The van der Waals surface area contributed by atoms with Crippen molar-refractivity contribution in [3.63, 3.8) is 0 Å². The van der Waals surface area contributed by atoms with Crippen molar-refractivity contribution in [3.8, 4) is 5.75 Å². The predicted molar refractivity (Wildman–Crippen MR) is 115 cm³/mol. The van der Waals surface area contributed by atoms with Crippen LogP contribution in [0.5, 0.6) is 5.75 Å². The Morgan fingerprint density at radius 3 is 2.79 bits per heavy atom. The van der Waals surface area contributed by atoms with Gasteiger partial charge in [0.2, 0.25) is 0 Å². The van der Waals surface area contributed by atoms with Crippen molar-refractivity contribution in [1.82, 2.24) is 4.90 Å². The lowest BCUT2D eigenvalue weighted by molar-refractivity contribution is 0.0985. The minimum atomic E-state index is 0.0572. The lowest BCUT2D eigenvalue weighted by atomic mass is 10.0. The van der Waals surface area contributed by atoms with E-state index in [4.69, 9.17) is 4.74 Å². The van der Waals surface area contributed by atoms with Crippen molar-refractivity contribution in [3.05, 3.63) is 84.5 Å². The topological polar surface area (TPSA) is 32.8 Å². The summed E-state index contributed by atoms with van der Waals surface area (Å²) in [6.07, 6.45) is 7.95. The summed E-state index contributed by atoms with van der Waals surface area (Å²) in [6, 6.07) is 15.5. The Labute approximate surface area is 167 Å². The van der Waals surface area contributed by atoms with Crippen molar-refractivity contribution in [2.45, 2.75) is 12.8 Å². The van der Waals surface area contributed by atoms with Crippen molar-refractivity contribution in [1.29, 1.82) is 0 Å². The van der Waals surface area contributed by atoms with Gasteiger partial charge in [-0.05, 0) is 55.8 Å². The minimum absolute atomic E-state index is 0.0572. The van der Waals surface area contributed by atoms with E-state index in [-0.39, 0.29) is 5.91 Å². The first kappa shape index (κ1) is 19.9. The molecule has 3 rings (SSSR count). The van der Waals surface area contributed by atoms with E-state index in [1.54, 1.807) is 0 Å². The zero-order valence-electron chi connectivity index (χ0n) is 16.5. The molecule has 1 aliphatic rings. The molecule has 0 aromatic heterocycles. The number of carbonyl (C=O) groups excluding carboxylic acids is 1. The van der Waals surface area contributed by atoms with Gasteiger partial charge in [-0.3, -0.25) is 9.69 Å². The number of aryl methyl sites for hydroxylation is 1. The minimum Gasteiger partial charge on any atom is -0.490 e. The van der Waals surface area contributed by atoms with Crippen LogP contribution >= 0.6 is 0 Å². The van der Waals surface area contributed by atoms with E-state index in [1.807, 2.05) is 59.5 Å². The van der Waals surface area contributed by atoms with E-state index in [1.165, 1.54) is 5.56 Å². The summed E-state index contributed by atoms with van der Waals surface area (Å²) < 4.78 is 5.87. The van der Waals surface area contributed by atoms with Crippen LogP contribution in [0.4, 0.5) is 5.69 Å². The fraction of sp³-hybridized carbons (Fsp3) is 0.292. The molecule has 1 heterocycles. The van der Waals surface area contributed by atoms with Crippen molar-refractivity contribution >= 4 is 11.6 Å². The summed E-state index contributed by atoms with van der Waals surface area (Å²) in [7, 11) is 2.05. The molecular weight excluding hydrogens is 348 g/mol. The third kappa shape index (κ3) is 5.11. The molecule has 0 fully saturated rings. The molecule has 4 nitrogen and oxygen atoms in total. The number of fused-ring (bicyclic) bond motifs is 1. The Morgan fingerprint density at radius 1 is 1.18 bits per heavy atom. The van der Waals surface area contributed by atoms with Gasteiger partial charge < -0.3 is 9.64 Å². The molecule has 28 heavy (non-hydrogen) atoms. The van der Waals surface area contributed by atoms with Crippen LogP contribution in [0.3, 0.4) is 0 Å². The number of hydrogen-bond donors (Lipinski definition) is 0. The number of nitrogens with zero attached hydrogens (tertiary/aromatic N) is 2. The summed E-state index contributed by atoms with van der Waals surface area (Å²) in [5.74, 6) is 0.902. The number of anilines is 1. The van der Waals surface area contributed by atoms with Crippen LogP contribution in [0.25, 0.3) is 0 Å². The summed E-state index contributed by atoms with van der Waals surface area (Å²) in [5.41, 5.74) is 2.89. The third-order valence-corrected chi connectivity index (χ3v) is 4.81. The Morgan fingerprint density at radius 2 is 2.00 bits per heavy atom. The molecule has 0 atom stereocenters. The standard InChI is InChI=1S/C24H28N2O2/c1-3-15-25(2)16-7-8-18-28-22-13-14-23-21(19-22)12-9-17-26(23)24(27)20-10-5-4-6-11-20/h3-8,10-11,13-14,19H,1,9,12,15-18H2,2H3. The second kappa shape index (κ2) is 9.90. The Balaban J connectivity index is 1.62. The van der Waals surface area contributed by atoms with Gasteiger partial charge in [0.1, 0.15) is 12.4 Å². The summed E-state index contributed by atoms with van der Waals surface area (Å²) in [4.78, 5) is 16.9. The van der Waals surface area contributed by atoms with E-state index < -0.39 is 0 Å². The largest absolute Gasteiger partial charge is 0.490 e. The van der Waals surface area contributed by atoms with E-state index in [2.05, 4.69) is 30.7 Å². The van der Waals surface area contributed by atoms with E-state index >= 15 is 0 Å². The smallest absolute Gasteiger partial charge is 0.258 e. The molecule has 0 bridgehead atoms. The second-order valence-electron chi connectivity index (χ2n) is 7.01. The molecule has 1 amide bonds. The fourth-order valence-corrected chi connectivity index (χ4v) is 3.37.